The van der Waals surface area contributed by atoms with Gasteiger partial charge in [0.05, 0.1) is 18.1 Å². The van der Waals surface area contributed by atoms with Gasteiger partial charge in [0.15, 0.2) is 11.6 Å². The lowest BCUT2D eigenvalue weighted by atomic mass is 10.1. The van der Waals surface area contributed by atoms with Gasteiger partial charge in [0.25, 0.3) is 0 Å². The highest BCUT2D eigenvalue weighted by molar-refractivity contribution is 5.91. The van der Waals surface area contributed by atoms with Crippen LogP contribution in [0.3, 0.4) is 0 Å². The van der Waals surface area contributed by atoms with Crippen LogP contribution in [0, 0.1) is 5.82 Å². The van der Waals surface area contributed by atoms with Crippen molar-refractivity contribution in [2.24, 2.45) is 0 Å². The average Bonchev–Trinajstić information content (AvgIpc) is 2.98. The summed E-state index contributed by atoms with van der Waals surface area (Å²) in [5, 5.41) is 2.91. The van der Waals surface area contributed by atoms with Crippen molar-refractivity contribution in [2.45, 2.75) is 39.2 Å². The first-order chi connectivity index (χ1) is 12.8. The number of fused-ring (bicyclic) bond motifs is 1. The molecule has 0 fully saturated rings. The van der Waals surface area contributed by atoms with Crippen LogP contribution in [0.4, 0.5) is 10.3 Å². The summed E-state index contributed by atoms with van der Waals surface area (Å²) in [4.78, 5) is 17.0. The molecule has 2 aromatic carbocycles. The van der Waals surface area contributed by atoms with E-state index in [4.69, 9.17) is 4.74 Å². The molecule has 142 valence electrons. The first kappa shape index (κ1) is 18.9. The van der Waals surface area contributed by atoms with Crippen LogP contribution >= 0.6 is 0 Å². The molecule has 1 amide bonds. The summed E-state index contributed by atoms with van der Waals surface area (Å²) in [5.41, 5.74) is 2.31. The summed E-state index contributed by atoms with van der Waals surface area (Å²) in [6.45, 7) is 6.20. The Balaban J connectivity index is 1.75. The molecule has 0 saturated heterocycles. The topological polar surface area (TPSA) is 56.1 Å². The Bertz CT molecular complexity index is 973. The number of methoxy groups -OCH3 is 1. The Morgan fingerprint density at radius 3 is 2.63 bits per heavy atom. The fourth-order valence-corrected chi connectivity index (χ4v) is 3.10. The van der Waals surface area contributed by atoms with E-state index in [0.717, 1.165) is 16.6 Å². The molecule has 1 aromatic heterocycles. The molecule has 6 heteroatoms. The number of para-hydroxylation sites is 2. The van der Waals surface area contributed by atoms with Crippen molar-refractivity contribution in [3.05, 3.63) is 53.8 Å². The second-order valence-corrected chi connectivity index (χ2v) is 7.45. The minimum absolute atomic E-state index is 0.160. The summed E-state index contributed by atoms with van der Waals surface area (Å²) in [6.07, 6.45) is 0.668. The maximum Gasteiger partial charge on any atom is 0.227 e. The summed E-state index contributed by atoms with van der Waals surface area (Å²) in [7, 11) is 1.42. The first-order valence-corrected chi connectivity index (χ1v) is 8.90. The highest BCUT2D eigenvalue weighted by atomic mass is 19.1. The summed E-state index contributed by atoms with van der Waals surface area (Å²) in [5.74, 6) is 0.133. The van der Waals surface area contributed by atoms with Gasteiger partial charge in [-0.25, -0.2) is 9.37 Å². The van der Waals surface area contributed by atoms with Crippen molar-refractivity contribution in [3.8, 4) is 5.75 Å². The van der Waals surface area contributed by atoms with Crippen molar-refractivity contribution in [1.82, 2.24) is 9.55 Å². The van der Waals surface area contributed by atoms with Crippen molar-refractivity contribution < 1.29 is 13.9 Å². The normalized spacial score (nSPS) is 11.6. The number of nitrogens with one attached hydrogen (secondary N) is 1. The van der Waals surface area contributed by atoms with E-state index in [1.54, 1.807) is 12.1 Å². The molecule has 27 heavy (non-hydrogen) atoms. The molecular formula is C21H24FN3O2. The van der Waals surface area contributed by atoms with E-state index in [9.17, 15) is 9.18 Å². The van der Waals surface area contributed by atoms with E-state index in [1.165, 1.54) is 13.2 Å². The van der Waals surface area contributed by atoms with Gasteiger partial charge in [0.1, 0.15) is 0 Å². The number of carbonyl (C=O) groups excluding carboxylic acids is 1. The largest absolute Gasteiger partial charge is 0.494 e. The van der Waals surface area contributed by atoms with E-state index in [0.29, 0.717) is 12.4 Å². The molecule has 3 aromatic rings. The van der Waals surface area contributed by atoms with E-state index in [-0.39, 0.29) is 23.6 Å². The number of amides is 1. The standard InChI is InChI=1S/C21H24FN3O2/c1-21(2,3)25-17-8-6-5-7-16(17)23-20(25)24-19(26)12-10-14-9-11-18(27-4)15(22)13-14/h5-9,11,13H,10,12H2,1-4H3,(H,23,24,26). The van der Waals surface area contributed by atoms with Crippen molar-refractivity contribution in [3.63, 3.8) is 0 Å². The van der Waals surface area contributed by atoms with Crippen LogP contribution in [0.1, 0.15) is 32.8 Å². The Labute approximate surface area is 158 Å². The van der Waals surface area contributed by atoms with Crippen LogP contribution < -0.4 is 10.1 Å². The summed E-state index contributed by atoms with van der Waals surface area (Å²) in [6, 6.07) is 12.5. The van der Waals surface area contributed by atoms with Gasteiger partial charge in [-0.05, 0) is 57.0 Å². The molecule has 0 saturated carbocycles. The number of imidazole rings is 1. The predicted molar refractivity (Wildman–Crippen MR) is 105 cm³/mol. The van der Waals surface area contributed by atoms with Crippen LogP contribution in [0.2, 0.25) is 0 Å². The Kier molecular flexibility index (Phi) is 5.17. The molecule has 0 aliphatic carbocycles. The van der Waals surface area contributed by atoms with Crippen LogP contribution in [-0.4, -0.2) is 22.6 Å². The molecule has 3 rings (SSSR count). The first-order valence-electron chi connectivity index (χ1n) is 8.90. The molecule has 1 heterocycles. The van der Waals surface area contributed by atoms with Crippen LogP contribution in [0.15, 0.2) is 42.5 Å². The van der Waals surface area contributed by atoms with E-state index in [1.807, 2.05) is 28.8 Å². The number of nitrogens with zero attached hydrogens (tertiary/aromatic N) is 2. The highest BCUT2D eigenvalue weighted by Gasteiger charge is 2.22. The van der Waals surface area contributed by atoms with Gasteiger partial charge in [-0.3, -0.25) is 10.1 Å². The smallest absolute Gasteiger partial charge is 0.227 e. The zero-order valence-corrected chi connectivity index (χ0v) is 16.0. The molecule has 0 aliphatic heterocycles. The fourth-order valence-electron chi connectivity index (χ4n) is 3.10. The maximum atomic E-state index is 13.8. The fraction of sp³-hybridized carbons (Fsp3) is 0.333. The molecule has 5 nitrogen and oxygen atoms in total. The molecule has 0 bridgehead atoms. The lowest BCUT2D eigenvalue weighted by Gasteiger charge is -2.24. The van der Waals surface area contributed by atoms with Gasteiger partial charge in [0.2, 0.25) is 11.9 Å². The van der Waals surface area contributed by atoms with Crippen molar-refractivity contribution in [1.29, 1.82) is 0 Å². The lowest BCUT2D eigenvalue weighted by molar-refractivity contribution is -0.116. The third-order valence-corrected chi connectivity index (χ3v) is 4.34. The molecular weight excluding hydrogens is 345 g/mol. The van der Waals surface area contributed by atoms with Crippen molar-refractivity contribution >= 4 is 22.9 Å². The highest BCUT2D eigenvalue weighted by Crippen LogP contribution is 2.28. The second-order valence-electron chi connectivity index (χ2n) is 7.45. The van der Waals surface area contributed by atoms with Crippen LogP contribution in [-0.2, 0) is 16.8 Å². The maximum absolute atomic E-state index is 13.8. The van der Waals surface area contributed by atoms with Crippen molar-refractivity contribution in [2.75, 3.05) is 12.4 Å². The number of ether oxygens (including phenoxy) is 1. The van der Waals surface area contributed by atoms with Gasteiger partial charge >= 0.3 is 0 Å². The number of rotatable bonds is 5. The lowest BCUT2D eigenvalue weighted by Crippen LogP contribution is -2.26. The summed E-state index contributed by atoms with van der Waals surface area (Å²) < 4.78 is 20.7. The van der Waals surface area contributed by atoms with E-state index < -0.39 is 5.82 Å². The van der Waals surface area contributed by atoms with Gasteiger partial charge < -0.3 is 9.30 Å². The van der Waals surface area contributed by atoms with Crippen LogP contribution in [0.5, 0.6) is 5.75 Å². The number of hydrogen-bond acceptors (Lipinski definition) is 3. The quantitative estimate of drug-likeness (QED) is 0.720. The van der Waals surface area contributed by atoms with Gasteiger partial charge in [0, 0.05) is 12.0 Å². The monoisotopic (exact) mass is 369 g/mol. The van der Waals surface area contributed by atoms with Gasteiger partial charge in [-0.15, -0.1) is 0 Å². The number of halogens is 1. The molecule has 1 N–H and O–H groups in total. The Morgan fingerprint density at radius 1 is 1.22 bits per heavy atom. The van der Waals surface area contributed by atoms with Gasteiger partial charge in [-0.1, -0.05) is 18.2 Å². The number of hydrogen-bond donors (Lipinski definition) is 1. The number of benzene rings is 2. The zero-order chi connectivity index (χ0) is 19.6. The zero-order valence-electron chi connectivity index (χ0n) is 16.0. The minimum Gasteiger partial charge on any atom is -0.494 e. The molecule has 0 aliphatic rings. The second kappa shape index (κ2) is 7.39. The molecule has 0 unspecified atom stereocenters. The summed E-state index contributed by atoms with van der Waals surface area (Å²) >= 11 is 0. The number of anilines is 1. The third-order valence-electron chi connectivity index (χ3n) is 4.34. The Morgan fingerprint density at radius 2 is 1.96 bits per heavy atom. The number of aromatic nitrogens is 2. The Hall–Kier alpha value is -2.89. The van der Waals surface area contributed by atoms with E-state index >= 15 is 0 Å². The van der Waals surface area contributed by atoms with Gasteiger partial charge in [-0.2, -0.15) is 0 Å². The van der Waals surface area contributed by atoms with Crippen LogP contribution in [0.25, 0.3) is 11.0 Å². The van der Waals surface area contributed by atoms with E-state index in [2.05, 4.69) is 31.1 Å². The predicted octanol–water partition coefficient (Wildman–Crippen LogP) is 4.51. The minimum atomic E-state index is -0.426. The SMILES string of the molecule is COc1ccc(CCC(=O)Nc2nc3ccccc3n2C(C)(C)C)cc1F. The number of carbonyl (C=O) groups is 1. The number of aryl methyl sites for hydroxylation is 1. The molecule has 0 atom stereocenters. The molecule has 0 radical (unpaired) electrons. The molecule has 0 spiro atoms. The average molecular weight is 369 g/mol. The third kappa shape index (κ3) is 4.10.